The molecule has 0 spiro atoms. The Kier molecular flexibility index (Phi) is 10.2. The van der Waals surface area contributed by atoms with Crippen molar-refractivity contribution in [3.63, 3.8) is 0 Å². The molecule has 5 rings (SSSR count). The van der Waals surface area contributed by atoms with Crippen molar-refractivity contribution in [2.75, 3.05) is 5.32 Å². The standard InChI is InChI=1S/C33H41Cl2N5O2/c1-2-3-31-28(20-37-40(31)27-15-9-24(34)10-16-27)33(42)39-30-19-23(8-17-29(30)35)32(41)38-26-13-6-22(7-14-26)18-21-4-11-25(36)12-5-21/h8-10,15-17,19-22,25-26H,2-7,11-14,18,36H2,1H3,(H,38,41)(H,39,42). The number of carbonyl (C=O) groups excluding carboxylic acids is 2. The summed E-state index contributed by atoms with van der Waals surface area (Å²) in [7, 11) is 0. The van der Waals surface area contributed by atoms with E-state index in [1.165, 1.54) is 19.3 Å². The molecule has 2 aliphatic carbocycles. The number of nitrogens with zero attached hydrogens (tertiary/aromatic N) is 2. The number of halogens is 2. The number of nitrogens with one attached hydrogen (secondary N) is 2. The molecule has 2 aliphatic rings. The molecule has 2 fully saturated rings. The molecule has 0 saturated heterocycles. The highest BCUT2D eigenvalue weighted by molar-refractivity contribution is 6.34. The van der Waals surface area contributed by atoms with E-state index < -0.39 is 0 Å². The maximum atomic E-state index is 13.4. The van der Waals surface area contributed by atoms with Crippen LogP contribution in [0.5, 0.6) is 0 Å². The number of nitrogens with two attached hydrogens (primary N) is 1. The van der Waals surface area contributed by atoms with E-state index in [1.54, 1.807) is 41.2 Å². The number of aromatic nitrogens is 2. The van der Waals surface area contributed by atoms with Gasteiger partial charge in [-0.15, -0.1) is 0 Å². The van der Waals surface area contributed by atoms with Crippen LogP contribution in [0.4, 0.5) is 5.69 Å². The van der Waals surface area contributed by atoms with Crippen molar-refractivity contribution in [2.24, 2.45) is 17.6 Å². The molecular weight excluding hydrogens is 569 g/mol. The van der Waals surface area contributed by atoms with Crippen LogP contribution in [0.2, 0.25) is 10.0 Å². The summed E-state index contributed by atoms with van der Waals surface area (Å²) in [6.45, 7) is 2.05. The molecule has 2 aromatic carbocycles. The Morgan fingerprint density at radius 2 is 1.60 bits per heavy atom. The van der Waals surface area contributed by atoms with Gasteiger partial charge in [-0.1, -0.05) is 36.5 Å². The van der Waals surface area contributed by atoms with Crippen LogP contribution in [0.1, 0.15) is 97.5 Å². The van der Waals surface area contributed by atoms with Crippen LogP contribution in [-0.4, -0.2) is 33.7 Å². The van der Waals surface area contributed by atoms with E-state index in [9.17, 15) is 9.59 Å². The van der Waals surface area contributed by atoms with Crippen LogP contribution in [-0.2, 0) is 6.42 Å². The lowest BCUT2D eigenvalue weighted by molar-refractivity contribution is 0.0917. The SMILES string of the molecule is CCCc1c(C(=O)Nc2cc(C(=O)NC3CCC(CC4CCC(N)CC4)CC3)ccc2Cl)cnn1-c1ccc(Cl)cc1. The number of benzene rings is 2. The minimum Gasteiger partial charge on any atom is -0.349 e. The Balaban J connectivity index is 1.20. The number of amides is 2. The fraction of sp³-hybridized carbons (Fsp3) is 0.485. The Morgan fingerprint density at radius 1 is 0.929 bits per heavy atom. The van der Waals surface area contributed by atoms with Crippen LogP contribution in [0.15, 0.2) is 48.7 Å². The number of rotatable bonds is 9. The minimum absolute atomic E-state index is 0.144. The van der Waals surface area contributed by atoms with Gasteiger partial charge < -0.3 is 16.4 Å². The lowest BCUT2D eigenvalue weighted by atomic mass is 9.76. The number of carbonyl (C=O) groups is 2. The first-order valence-corrected chi connectivity index (χ1v) is 16.1. The Hall–Kier alpha value is -2.87. The predicted molar refractivity (Wildman–Crippen MR) is 170 cm³/mol. The van der Waals surface area contributed by atoms with Crippen molar-refractivity contribution in [1.82, 2.24) is 15.1 Å². The molecule has 3 aromatic rings. The monoisotopic (exact) mass is 609 g/mol. The maximum Gasteiger partial charge on any atom is 0.259 e. The normalized spacial score (nSPS) is 22.5. The molecule has 2 amide bonds. The molecule has 1 heterocycles. The minimum atomic E-state index is -0.323. The van der Waals surface area contributed by atoms with Gasteiger partial charge in [0.25, 0.3) is 11.8 Å². The van der Waals surface area contributed by atoms with Gasteiger partial charge in [0.1, 0.15) is 0 Å². The van der Waals surface area contributed by atoms with E-state index in [-0.39, 0.29) is 17.9 Å². The number of anilines is 1. The van der Waals surface area contributed by atoms with Gasteiger partial charge in [0.05, 0.1) is 33.9 Å². The van der Waals surface area contributed by atoms with E-state index in [0.717, 1.165) is 68.2 Å². The summed E-state index contributed by atoms with van der Waals surface area (Å²) < 4.78 is 1.76. The molecule has 0 bridgehead atoms. The van der Waals surface area contributed by atoms with Gasteiger partial charge in [-0.05, 0) is 119 Å². The summed E-state index contributed by atoms with van der Waals surface area (Å²) in [5.74, 6) is 1.09. The van der Waals surface area contributed by atoms with E-state index in [1.807, 2.05) is 12.1 Å². The van der Waals surface area contributed by atoms with Crippen molar-refractivity contribution >= 4 is 40.7 Å². The van der Waals surface area contributed by atoms with Gasteiger partial charge in [-0.3, -0.25) is 9.59 Å². The summed E-state index contributed by atoms with van der Waals surface area (Å²) in [5.41, 5.74) is 9.03. The summed E-state index contributed by atoms with van der Waals surface area (Å²) in [4.78, 5) is 26.6. The molecule has 0 aliphatic heterocycles. The molecule has 1 aromatic heterocycles. The Bertz CT molecular complexity index is 1370. The highest BCUT2D eigenvalue weighted by Crippen LogP contribution is 2.35. The molecule has 2 saturated carbocycles. The highest BCUT2D eigenvalue weighted by Gasteiger charge is 2.27. The molecular formula is C33H41Cl2N5O2. The number of hydrogen-bond donors (Lipinski definition) is 3. The fourth-order valence-corrected chi connectivity index (χ4v) is 6.79. The van der Waals surface area contributed by atoms with Crippen molar-refractivity contribution in [1.29, 1.82) is 0 Å². The van der Waals surface area contributed by atoms with Crippen LogP contribution < -0.4 is 16.4 Å². The molecule has 4 N–H and O–H groups in total. The largest absolute Gasteiger partial charge is 0.349 e. The molecule has 224 valence electrons. The third-order valence-corrected chi connectivity index (χ3v) is 9.47. The number of hydrogen-bond acceptors (Lipinski definition) is 4. The van der Waals surface area contributed by atoms with Gasteiger partial charge in [-0.2, -0.15) is 5.10 Å². The summed E-state index contributed by atoms with van der Waals surface area (Å²) in [6, 6.07) is 12.9. The zero-order chi connectivity index (χ0) is 29.6. The van der Waals surface area contributed by atoms with E-state index >= 15 is 0 Å². The van der Waals surface area contributed by atoms with Crippen molar-refractivity contribution in [3.8, 4) is 5.69 Å². The first-order valence-electron chi connectivity index (χ1n) is 15.3. The second kappa shape index (κ2) is 14.1. The Morgan fingerprint density at radius 3 is 2.26 bits per heavy atom. The second-order valence-electron chi connectivity index (χ2n) is 12.0. The average Bonchev–Trinajstić information content (AvgIpc) is 3.40. The molecule has 0 radical (unpaired) electrons. The van der Waals surface area contributed by atoms with Crippen LogP contribution in [0, 0.1) is 11.8 Å². The zero-order valence-corrected chi connectivity index (χ0v) is 25.8. The van der Waals surface area contributed by atoms with Gasteiger partial charge in [0, 0.05) is 22.7 Å². The second-order valence-corrected chi connectivity index (χ2v) is 12.8. The summed E-state index contributed by atoms with van der Waals surface area (Å²) in [5, 5.41) is 11.6. The average molecular weight is 611 g/mol. The smallest absolute Gasteiger partial charge is 0.259 e. The zero-order valence-electron chi connectivity index (χ0n) is 24.3. The van der Waals surface area contributed by atoms with Gasteiger partial charge in [-0.25, -0.2) is 4.68 Å². The van der Waals surface area contributed by atoms with E-state index in [4.69, 9.17) is 28.9 Å². The lowest BCUT2D eigenvalue weighted by Crippen LogP contribution is -2.38. The molecule has 7 nitrogen and oxygen atoms in total. The van der Waals surface area contributed by atoms with Crippen LogP contribution >= 0.6 is 23.2 Å². The van der Waals surface area contributed by atoms with Gasteiger partial charge in [0.2, 0.25) is 0 Å². The highest BCUT2D eigenvalue weighted by atomic mass is 35.5. The van der Waals surface area contributed by atoms with Crippen molar-refractivity contribution in [2.45, 2.75) is 89.6 Å². The third-order valence-electron chi connectivity index (χ3n) is 8.89. The van der Waals surface area contributed by atoms with Crippen LogP contribution in [0.25, 0.3) is 5.69 Å². The first kappa shape index (κ1) is 30.6. The fourth-order valence-electron chi connectivity index (χ4n) is 6.50. The summed E-state index contributed by atoms with van der Waals surface area (Å²) >= 11 is 12.5. The van der Waals surface area contributed by atoms with Crippen molar-refractivity contribution < 1.29 is 9.59 Å². The molecule has 0 atom stereocenters. The van der Waals surface area contributed by atoms with E-state index in [0.29, 0.717) is 39.3 Å². The Labute approximate surface area is 258 Å². The molecule has 0 unspecified atom stereocenters. The quantitative estimate of drug-likeness (QED) is 0.232. The molecule has 42 heavy (non-hydrogen) atoms. The van der Waals surface area contributed by atoms with E-state index in [2.05, 4.69) is 22.7 Å². The first-order chi connectivity index (χ1) is 20.3. The maximum absolute atomic E-state index is 13.4. The van der Waals surface area contributed by atoms with Crippen molar-refractivity contribution in [3.05, 3.63) is 75.5 Å². The lowest BCUT2D eigenvalue weighted by Gasteiger charge is -2.33. The van der Waals surface area contributed by atoms with Gasteiger partial charge in [0.15, 0.2) is 0 Å². The van der Waals surface area contributed by atoms with Crippen LogP contribution in [0.3, 0.4) is 0 Å². The predicted octanol–water partition coefficient (Wildman–Crippen LogP) is 7.58. The van der Waals surface area contributed by atoms with Gasteiger partial charge >= 0.3 is 0 Å². The third kappa shape index (κ3) is 7.55. The topological polar surface area (TPSA) is 102 Å². The molecule has 9 heteroatoms. The summed E-state index contributed by atoms with van der Waals surface area (Å²) in [6.07, 6.45) is 13.5.